The van der Waals surface area contributed by atoms with E-state index in [1.54, 1.807) is 0 Å². The maximum absolute atomic E-state index is 4.21. The van der Waals surface area contributed by atoms with Crippen molar-refractivity contribution in [2.75, 3.05) is 6.54 Å². The second-order valence-corrected chi connectivity index (χ2v) is 7.81. The highest BCUT2D eigenvalue weighted by Crippen LogP contribution is 2.25. The first kappa shape index (κ1) is 19.5. The Balaban J connectivity index is 2.00. The SMILES string of the molecule is C=C(CCCCCNC(=C)CCc1ccccc1)CC(C)(C)C. The van der Waals surface area contributed by atoms with E-state index in [1.807, 2.05) is 0 Å². The predicted molar refractivity (Wildman–Crippen MR) is 104 cm³/mol. The van der Waals surface area contributed by atoms with Crippen molar-refractivity contribution in [3.8, 4) is 0 Å². The molecule has 128 valence electrons. The molecule has 0 aliphatic heterocycles. The molecule has 0 radical (unpaired) electrons. The fourth-order valence-corrected chi connectivity index (χ4v) is 2.81. The van der Waals surface area contributed by atoms with Gasteiger partial charge >= 0.3 is 0 Å². The zero-order valence-corrected chi connectivity index (χ0v) is 15.5. The molecular weight excluding hydrogens is 278 g/mol. The van der Waals surface area contributed by atoms with Crippen LogP contribution < -0.4 is 5.32 Å². The largest absolute Gasteiger partial charge is 0.389 e. The number of benzene rings is 1. The van der Waals surface area contributed by atoms with E-state index < -0.39 is 0 Å². The van der Waals surface area contributed by atoms with E-state index in [0.717, 1.165) is 31.5 Å². The molecule has 0 bridgehead atoms. The number of hydrogen-bond acceptors (Lipinski definition) is 1. The van der Waals surface area contributed by atoms with Gasteiger partial charge in [0.2, 0.25) is 0 Å². The maximum Gasteiger partial charge on any atom is 0.0143 e. The Labute approximate surface area is 143 Å². The van der Waals surface area contributed by atoms with E-state index in [1.165, 1.54) is 36.8 Å². The third kappa shape index (κ3) is 10.8. The molecule has 23 heavy (non-hydrogen) atoms. The minimum absolute atomic E-state index is 0.370. The molecule has 0 saturated heterocycles. The number of rotatable bonds is 11. The lowest BCUT2D eigenvalue weighted by Gasteiger charge is -2.19. The lowest BCUT2D eigenvalue weighted by atomic mass is 9.87. The first-order valence-corrected chi connectivity index (χ1v) is 8.99. The molecule has 0 atom stereocenters. The first-order valence-electron chi connectivity index (χ1n) is 8.99. The Morgan fingerprint density at radius 3 is 2.30 bits per heavy atom. The van der Waals surface area contributed by atoms with Crippen molar-refractivity contribution in [1.82, 2.24) is 5.32 Å². The lowest BCUT2D eigenvalue weighted by Crippen LogP contribution is -2.14. The van der Waals surface area contributed by atoms with E-state index >= 15 is 0 Å². The molecular formula is C22H35N. The predicted octanol–water partition coefficient (Wildman–Crippen LogP) is 6.28. The van der Waals surface area contributed by atoms with Crippen LogP contribution >= 0.6 is 0 Å². The minimum Gasteiger partial charge on any atom is -0.389 e. The average molecular weight is 314 g/mol. The van der Waals surface area contributed by atoms with Gasteiger partial charge in [0, 0.05) is 12.2 Å². The fourth-order valence-electron chi connectivity index (χ4n) is 2.81. The van der Waals surface area contributed by atoms with Gasteiger partial charge in [-0.15, -0.1) is 0 Å². The summed E-state index contributed by atoms with van der Waals surface area (Å²) >= 11 is 0. The zero-order chi connectivity index (χ0) is 17.1. The Kier molecular flexibility index (Phi) is 8.76. The number of allylic oxidation sites excluding steroid dienone is 2. The van der Waals surface area contributed by atoms with Gasteiger partial charge in [0.25, 0.3) is 0 Å². The van der Waals surface area contributed by atoms with Crippen molar-refractivity contribution in [1.29, 1.82) is 0 Å². The molecule has 0 heterocycles. The van der Waals surface area contributed by atoms with Gasteiger partial charge in [-0.3, -0.25) is 0 Å². The van der Waals surface area contributed by atoms with Crippen LogP contribution in [-0.4, -0.2) is 6.54 Å². The van der Waals surface area contributed by atoms with Gasteiger partial charge in [0.15, 0.2) is 0 Å². The molecule has 0 spiro atoms. The summed E-state index contributed by atoms with van der Waals surface area (Å²) in [4.78, 5) is 0. The summed E-state index contributed by atoms with van der Waals surface area (Å²) in [6.07, 6.45) is 8.14. The second kappa shape index (κ2) is 10.3. The summed E-state index contributed by atoms with van der Waals surface area (Å²) in [6, 6.07) is 10.6. The van der Waals surface area contributed by atoms with Gasteiger partial charge in [-0.1, -0.05) is 76.3 Å². The van der Waals surface area contributed by atoms with Crippen molar-refractivity contribution in [2.24, 2.45) is 5.41 Å². The van der Waals surface area contributed by atoms with Crippen LogP contribution in [0.15, 0.2) is 54.8 Å². The minimum atomic E-state index is 0.370. The summed E-state index contributed by atoms with van der Waals surface area (Å²) in [7, 11) is 0. The van der Waals surface area contributed by atoms with E-state index in [4.69, 9.17) is 0 Å². The molecule has 0 aromatic heterocycles. The van der Waals surface area contributed by atoms with Crippen LogP contribution in [0.2, 0.25) is 0 Å². The highest BCUT2D eigenvalue weighted by molar-refractivity contribution is 5.15. The standard InChI is InChI=1S/C22H35N/c1-19(18-22(3,4)5)12-8-7-11-17-23-20(2)15-16-21-13-9-6-10-14-21/h6,9-10,13-14,23H,1-2,7-8,11-12,15-18H2,3-5H3. The zero-order valence-electron chi connectivity index (χ0n) is 15.5. The van der Waals surface area contributed by atoms with Crippen molar-refractivity contribution in [3.63, 3.8) is 0 Å². The maximum atomic E-state index is 4.21. The van der Waals surface area contributed by atoms with Gasteiger partial charge in [-0.05, 0) is 49.5 Å². The third-order valence-electron chi connectivity index (χ3n) is 3.92. The molecule has 1 rings (SSSR count). The van der Waals surface area contributed by atoms with Gasteiger partial charge < -0.3 is 5.32 Å². The van der Waals surface area contributed by atoms with Crippen LogP contribution in [0, 0.1) is 5.41 Å². The van der Waals surface area contributed by atoms with Crippen molar-refractivity contribution >= 4 is 0 Å². The Morgan fingerprint density at radius 1 is 0.957 bits per heavy atom. The van der Waals surface area contributed by atoms with Crippen LogP contribution in [-0.2, 0) is 6.42 Å². The fraction of sp³-hybridized carbons (Fsp3) is 0.545. The van der Waals surface area contributed by atoms with E-state index in [9.17, 15) is 0 Å². The second-order valence-electron chi connectivity index (χ2n) is 7.81. The Morgan fingerprint density at radius 2 is 1.65 bits per heavy atom. The highest BCUT2D eigenvalue weighted by Gasteiger charge is 2.11. The molecule has 1 N–H and O–H groups in total. The molecule has 1 nitrogen and oxygen atoms in total. The Hall–Kier alpha value is -1.50. The van der Waals surface area contributed by atoms with Gasteiger partial charge in [-0.25, -0.2) is 0 Å². The Bertz CT molecular complexity index is 464. The van der Waals surface area contributed by atoms with Crippen LogP contribution in [0.5, 0.6) is 0 Å². The summed E-state index contributed by atoms with van der Waals surface area (Å²) in [5.41, 5.74) is 4.31. The van der Waals surface area contributed by atoms with Crippen LogP contribution in [0.25, 0.3) is 0 Å². The lowest BCUT2D eigenvalue weighted by molar-refractivity contribution is 0.403. The third-order valence-corrected chi connectivity index (χ3v) is 3.92. The molecule has 0 amide bonds. The normalized spacial score (nSPS) is 11.3. The average Bonchev–Trinajstić information content (AvgIpc) is 2.48. The first-order chi connectivity index (χ1) is 10.9. The quantitative estimate of drug-likeness (QED) is 0.375. The number of aryl methyl sites for hydroxylation is 1. The van der Waals surface area contributed by atoms with Crippen molar-refractivity contribution in [3.05, 3.63) is 60.3 Å². The van der Waals surface area contributed by atoms with Crippen LogP contribution in [0.1, 0.15) is 64.9 Å². The molecule has 0 aliphatic carbocycles. The van der Waals surface area contributed by atoms with Gasteiger partial charge in [0.05, 0.1) is 0 Å². The van der Waals surface area contributed by atoms with Crippen molar-refractivity contribution < 1.29 is 0 Å². The summed E-state index contributed by atoms with van der Waals surface area (Å²) < 4.78 is 0. The van der Waals surface area contributed by atoms with Gasteiger partial charge in [0.1, 0.15) is 0 Å². The van der Waals surface area contributed by atoms with E-state index in [-0.39, 0.29) is 0 Å². The summed E-state index contributed by atoms with van der Waals surface area (Å²) in [6.45, 7) is 16.2. The number of unbranched alkanes of at least 4 members (excludes halogenated alkanes) is 2. The monoisotopic (exact) mass is 313 g/mol. The van der Waals surface area contributed by atoms with E-state index in [2.05, 4.69) is 69.6 Å². The number of hydrogen-bond donors (Lipinski definition) is 1. The topological polar surface area (TPSA) is 12.0 Å². The highest BCUT2D eigenvalue weighted by atomic mass is 14.9. The molecule has 0 aliphatic rings. The molecule has 1 aromatic carbocycles. The molecule has 0 saturated carbocycles. The number of nitrogens with one attached hydrogen (secondary N) is 1. The van der Waals surface area contributed by atoms with E-state index in [0.29, 0.717) is 5.41 Å². The van der Waals surface area contributed by atoms with Crippen LogP contribution in [0.4, 0.5) is 0 Å². The molecule has 1 heteroatoms. The molecule has 1 aromatic rings. The summed E-state index contributed by atoms with van der Waals surface area (Å²) in [5, 5.41) is 3.46. The van der Waals surface area contributed by atoms with Gasteiger partial charge in [-0.2, -0.15) is 0 Å². The summed E-state index contributed by atoms with van der Waals surface area (Å²) in [5.74, 6) is 0. The molecule has 0 fully saturated rings. The van der Waals surface area contributed by atoms with Crippen molar-refractivity contribution in [2.45, 2.75) is 65.7 Å². The smallest absolute Gasteiger partial charge is 0.0143 e. The molecule has 0 unspecified atom stereocenters. The van der Waals surface area contributed by atoms with Crippen LogP contribution in [0.3, 0.4) is 0 Å².